The molecule has 0 aliphatic carbocycles. The predicted octanol–water partition coefficient (Wildman–Crippen LogP) is 5.06. The van der Waals surface area contributed by atoms with E-state index in [4.69, 9.17) is 4.98 Å². The number of anilines is 1. The number of aryl methyl sites for hydroxylation is 3. The van der Waals surface area contributed by atoms with Crippen LogP contribution in [0.4, 0.5) is 5.69 Å². The Kier molecular flexibility index (Phi) is 5.18. The molecular weight excluding hydrogens is 366 g/mol. The lowest BCUT2D eigenvalue weighted by Gasteiger charge is -2.17. The van der Waals surface area contributed by atoms with Crippen LogP contribution in [0.25, 0.3) is 10.6 Å². The van der Waals surface area contributed by atoms with E-state index in [1.807, 2.05) is 30.0 Å². The maximum Gasteiger partial charge on any atom is 0.265 e. The first-order valence-corrected chi connectivity index (χ1v) is 10.5. The van der Waals surface area contributed by atoms with Crippen LogP contribution in [0.15, 0.2) is 48.5 Å². The van der Waals surface area contributed by atoms with Gasteiger partial charge >= 0.3 is 0 Å². The van der Waals surface area contributed by atoms with Crippen LogP contribution in [0.3, 0.4) is 0 Å². The summed E-state index contributed by atoms with van der Waals surface area (Å²) in [6, 6.07) is 16.8. The molecule has 1 aromatic heterocycles. The minimum absolute atomic E-state index is 0.100. The molecular formula is C23H25N3OS. The molecule has 5 heteroatoms. The van der Waals surface area contributed by atoms with Crippen LogP contribution in [-0.2, 0) is 0 Å². The second-order valence-corrected chi connectivity index (χ2v) is 8.50. The van der Waals surface area contributed by atoms with E-state index in [2.05, 4.69) is 49.5 Å². The van der Waals surface area contributed by atoms with Crippen LogP contribution in [0.2, 0.25) is 0 Å². The average molecular weight is 392 g/mol. The average Bonchev–Trinajstić information content (AvgIpc) is 3.29. The van der Waals surface area contributed by atoms with E-state index in [-0.39, 0.29) is 5.91 Å². The number of aromatic nitrogens is 1. The Morgan fingerprint density at radius 3 is 2.68 bits per heavy atom. The van der Waals surface area contributed by atoms with E-state index in [1.165, 1.54) is 22.5 Å². The van der Waals surface area contributed by atoms with Gasteiger partial charge in [-0.15, -0.1) is 11.3 Å². The van der Waals surface area contributed by atoms with E-state index in [1.54, 1.807) is 0 Å². The third kappa shape index (κ3) is 3.80. The van der Waals surface area contributed by atoms with Gasteiger partial charge in [0.2, 0.25) is 0 Å². The summed E-state index contributed by atoms with van der Waals surface area (Å²) < 4.78 is 0. The number of nitrogens with zero attached hydrogens (tertiary/aromatic N) is 2. The number of amides is 1. The first kappa shape index (κ1) is 18.7. The Labute approximate surface area is 170 Å². The van der Waals surface area contributed by atoms with E-state index in [9.17, 15) is 4.79 Å². The van der Waals surface area contributed by atoms with E-state index in [0.29, 0.717) is 6.04 Å². The summed E-state index contributed by atoms with van der Waals surface area (Å²) in [6.45, 7) is 7.63. The maximum atomic E-state index is 13.1. The van der Waals surface area contributed by atoms with Gasteiger partial charge in [0.05, 0.1) is 5.69 Å². The van der Waals surface area contributed by atoms with Crippen molar-refractivity contribution >= 4 is 22.9 Å². The Balaban J connectivity index is 1.49. The zero-order valence-corrected chi connectivity index (χ0v) is 17.3. The lowest BCUT2D eigenvalue weighted by molar-refractivity contribution is 0.0795. The molecule has 0 spiro atoms. The molecule has 0 saturated carbocycles. The van der Waals surface area contributed by atoms with Gasteiger partial charge < -0.3 is 10.2 Å². The number of benzene rings is 2. The second-order valence-electron chi connectivity index (χ2n) is 7.50. The van der Waals surface area contributed by atoms with Crippen LogP contribution >= 0.6 is 11.3 Å². The summed E-state index contributed by atoms with van der Waals surface area (Å²) in [6.07, 6.45) is 0.961. The van der Waals surface area contributed by atoms with Crippen molar-refractivity contribution in [3.8, 4) is 10.6 Å². The Morgan fingerprint density at radius 2 is 1.93 bits per heavy atom. The third-order valence-corrected chi connectivity index (χ3v) is 6.40. The van der Waals surface area contributed by atoms with Crippen molar-refractivity contribution in [3.63, 3.8) is 0 Å². The van der Waals surface area contributed by atoms with Gasteiger partial charge in [0.25, 0.3) is 5.91 Å². The highest BCUT2D eigenvalue weighted by Crippen LogP contribution is 2.32. The molecule has 0 bridgehead atoms. The first-order chi connectivity index (χ1) is 13.5. The van der Waals surface area contributed by atoms with Crippen molar-refractivity contribution in [3.05, 3.63) is 70.2 Å². The van der Waals surface area contributed by atoms with Gasteiger partial charge in [-0.05, 0) is 44.9 Å². The monoisotopic (exact) mass is 391 g/mol. The molecule has 1 amide bonds. The second kappa shape index (κ2) is 7.76. The fourth-order valence-electron chi connectivity index (χ4n) is 3.74. The molecule has 3 aromatic rings. The normalized spacial score (nSPS) is 16.4. The van der Waals surface area contributed by atoms with E-state index in [0.717, 1.165) is 46.3 Å². The molecule has 1 atom stereocenters. The zero-order valence-electron chi connectivity index (χ0n) is 16.5. The molecule has 0 radical (unpaired) electrons. The summed E-state index contributed by atoms with van der Waals surface area (Å²) in [7, 11) is 0. The molecule has 4 rings (SSSR count). The lowest BCUT2D eigenvalue weighted by Crippen LogP contribution is -2.31. The van der Waals surface area contributed by atoms with E-state index < -0.39 is 0 Å². The lowest BCUT2D eigenvalue weighted by atomic mass is 10.1. The number of rotatable bonds is 4. The summed E-state index contributed by atoms with van der Waals surface area (Å²) in [5, 5.41) is 4.46. The molecule has 1 aliphatic rings. The highest BCUT2D eigenvalue weighted by molar-refractivity contribution is 7.17. The number of carbonyl (C=O) groups excluding carboxylic acids is 1. The Hall–Kier alpha value is -2.66. The fraction of sp³-hybridized carbons (Fsp3) is 0.304. The molecule has 1 N–H and O–H groups in total. The van der Waals surface area contributed by atoms with Crippen molar-refractivity contribution in [2.75, 3.05) is 18.4 Å². The van der Waals surface area contributed by atoms with Crippen molar-refractivity contribution < 1.29 is 4.79 Å². The van der Waals surface area contributed by atoms with E-state index >= 15 is 0 Å². The van der Waals surface area contributed by atoms with Gasteiger partial charge in [0.15, 0.2) is 0 Å². The molecule has 4 nitrogen and oxygen atoms in total. The van der Waals surface area contributed by atoms with Gasteiger partial charge in [-0.1, -0.05) is 42.0 Å². The van der Waals surface area contributed by atoms with Crippen LogP contribution in [0.5, 0.6) is 0 Å². The minimum atomic E-state index is 0.100. The predicted molar refractivity (Wildman–Crippen MR) is 116 cm³/mol. The molecule has 1 aliphatic heterocycles. The molecule has 28 heavy (non-hydrogen) atoms. The molecule has 1 fully saturated rings. The Bertz CT molecular complexity index is 996. The third-order valence-electron chi connectivity index (χ3n) is 5.22. The minimum Gasteiger partial charge on any atom is -0.380 e. The number of likely N-dealkylation sites (tertiary alicyclic amines) is 1. The quantitative estimate of drug-likeness (QED) is 0.676. The summed E-state index contributed by atoms with van der Waals surface area (Å²) in [5.74, 6) is 0.100. The van der Waals surface area contributed by atoms with Crippen LogP contribution in [0.1, 0.15) is 32.9 Å². The van der Waals surface area contributed by atoms with Crippen LogP contribution < -0.4 is 5.32 Å². The largest absolute Gasteiger partial charge is 0.380 e. The SMILES string of the molecule is Cc1ccc(-c2nc(C)c(C(=O)N3CCC(Nc4ccccc4)C3)s2)c(C)c1. The standard InChI is InChI=1S/C23H25N3OS/c1-15-9-10-20(16(2)13-15)22-24-17(3)21(28-22)23(27)26-12-11-19(14-26)25-18-7-5-4-6-8-18/h4-10,13,19,25H,11-12,14H2,1-3H3. The number of thiazole rings is 1. The number of hydrogen-bond donors (Lipinski definition) is 1. The smallest absolute Gasteiger partial charge is 0.265 e. The summed E-state index contributed by atoms with van der Waals surface area (Å²) in [4.78, 5) is 20.5. The van der Waals surface area contributed by atoms with Crippen molar-refractivity contribution in [2.24, 2.45) is 0 Å². The maximum absolute atomic E-state index is 13.1. The number of para-hydroxylation sites is 1. The van der Waals surface area contributed by atoms with Crippen LogP contribution in [-0.4, -0.2) is 34.9 Å². The van der Waals surface area contributed by atoms with Crippen LogP contribution in [0, 0.1) is 20.8 Å². The zero-order chi connectivity index (χ0) is 19.7. The highest BCUT2D eigenvalue weighted by atomic mass is 32.1. The fourth-order valence-corrected chi connectivity index (χ4v) is 4.86. The molecule has 1 saturated heterocycles. The first-order valence-electron chi connectivity index (χ1n) is 9.67. The number of hydrogen-bond acceptors (Lipinski definition) is 4. The van der Waals surface area contributed by atoms with Gasteiger partial charge in [-0.2, -0.15) is 0 Å². The number of nitrogens with one attached hydrogen (secondary N) is 1. The van der Waals surface area contributed by atoms with Gasteiger partial charge in [-0.3, -0.25) is 4.79 Å². The Morgan fingerprint density at radius 1 is 1.14 bits per heavy atom. The highest BCUT2D eigenvalue weighted by Gasteiger charge is 2.29. The molecule has 1 unspecified atom stereocenters. The molecule has 144 valence electrons. The number of carbonyl (C=O) groups is 1. The summed E-state index contributed by atoms with van der Waals surface area (Å²) >= 11 is 1.51. The van der Waals surface area contributed by atoms with Gasteiger partial charge in [0.1, 0.15) is 9.88 Å². The molecule has 2 heterocycles. The van der Waals surface area contributed by atoms with Gasteiger partial charge in [0, 0.05) is 30.4 Å². The van der Waals surface area contributed by atoms with Gasteiger partial charge in [-0.25, -0.2) is 4.98 Å². The summed E-state index contributed by atoms with van der Waals surface area (Å²) in [5.41, 5.74) is 5.47. The molecule has 2 aromatic carbocycles. The van der Waals surface area contributed by atoms with Crippen molar-refractivity contribution in [1.82, 2.24) is 9.88 Å². The topological polar surface area (TPSA) is 45.2 Å². The van der Waals surface area contributed by atoms with Crippen molar-refractivity contribution in [1.29, 1.82) is 0 Å². The van der Waals surface area contributed by atoms with Crippen molar-refractivity contribution in [2.45, 2.75) is 33.2 Å².